The molecule has 3 aliphatic carbocycles. The maximum Gasteiger partial charge on any atom is 0.255 e. The topological polar surface area (TPSA) is 104 Å². The van der Waals surface area contributed by atoms with Crippen molar-refractivity contribution in [1.29, 1.82) is 0 Å². The molecule has 6 nitrogen and oxygen atoms in total. The van der Waals surface area contributed by atoms with Crippen LogP contribution in [0.25, 0.3) is 0 Å². The van der Waals surface area contributed by atoms with Gasteiger partial charge in [0, 0.05) is 35.2 Å². The molecule has 0 saturated heterocycles. The quantitative estimate of drug-likeness (QED) is 0.590. The Morgan fingerprint density at radius 3 is 2.10 bits per heavy atom. The van der Waals surface area contributed by atoms with Crippen LogP contribution in [0.1, 0.15) is 17.3 Å². The fraction of sp³-hybridized carbons (Fsp3) is 0.350. The molecule has 3 fully saturated rings. The number of aliphatic hydroxyl groups is 2. The Morgan fingerprint density at radius 1 is 1.03 bits per heavy atom. The van der Waals surface area contributed by atoms with Crippen LogP contribution in [0.5, 0.6) is 0 Å². The predicted octanol–water partition coefficient (Wildman–Crippen LogP) is 2.77. The highest BCUT2D eigenvalue weighted by Gasteiger charge is 2.68. The van der Waals surface area contributed by atoms with Crippen molar-refractivity contribution < 1.29 is 36.6 Å². The number of amides is 1. The van der Waals surface area contributed by atoms with E-state index in [0.717, 1.165) is 6.07 Å². The lowest BCUT2D eigenvalue weighted by molar-refractivity contribution is 0.0396. The van der Waals surface area contributed by atoms with Gasteiger partial charge in [-0.05, 0) is 24.1 Å². The molecule has 0 aliphatic heterocycles. The fourth-order valence-corrected chi connectivity index (χ4v) is 7.70. The van der Waals surface area contributed by atoms with Crippen molar-refractivity contribution in [1.82, 2.24) is 0 Å². The molecule has 0 radical (unpaired) electrons. The number of hydrogen-bond donors (Lipinski definition) is 3. The number of rotatable bonds is 4. The molecule has 11 heteroatoms. The molecule has 2 bridgehead atoms. The van der Waals surface area contributed by atoms with Gasteiger partial charge in [0.25, 0.3) is 5.91 Å². The molecule has 5 rings (SSSR count). The highest BCUT2D eigenvalue weighted by molar-refractivity contribution is 7.92. The maximum absolute atomic E-state index is 13.4. The third kappa shape index (κ3) is 3.32. The van der Waals surface area contributed by atoms with E-state index in [1.54, 1.807) is 6.92 Å². The number of hydrogen-bond acceptors (Lipinski definition) is 5. The van der Waals surface area contributed by atoms with E-state index in [0.29, 0.717) is 12.1 Å². The highest BCUT2D eigenvalue weighted by Crippen LogP contribution is 2.58. The van der Waals surface area contributed by atoms with Crippen LogP contribution in [-0.2, 0) is 9.84 Å². The van der Waals surface area contributed by atoms with Crippen LogP contribution in [-0.4, -0.2) is 42.0 Å². The van der Waals surface area contributed by atoms with Crippen LogP contribution in [0.2, 0.25) is 5.02 Å². The normalized spacial score (nSPS) is 29.5. The standard InChI is InChI=1S/C20H17ClF3NO5S/c1-7-14-17(26)18(27)15(7)19(14)31(29,30)13-4-8(2-3-10(13)21)20(28)25-9-5-11(22)16(24)12(23)6-9/h2-7,14-15,17-19,26-27H,1H3,(H,25,28)/t7?,14?,15?,17-,18?,19?/m1/s1. The van der Waals surface area contributed by atoms with E-state index in [-0.39, 0.29) is 27.1 Å². The molecule has 2 aromatic carbocycles. The lowest BCUT2D eigenvalue weighted by atomic mass is 9.72. The molecule has 0 heterocycles. The first-order chi connectivity index (χ1) is 14.4. The molecule has 0 spiro atoms. The van der Waals surface area contributed by atoms with Crippen molar-refractivity contribution in [2.45, 2.75) is 29.3 Å². The van der Waals surface area contributed by atoms with Gasteiger partial charge in [0.2, 0.25) is 0 Å². The molecule has 3 aliphatic rings. The summed E-state index contributed by atoms with van der Waals surface area (Å²) in [4.78, 5) is 12.1. The number of anilines is 1. The van der Waals surface area contributed by atoms with E-state index in [1.807, 2.05) is 0 Å². The molecule has 6 atom stereocenters. The summed E-state index contributed by atoms with van der Waals surface area (Å²) in [6.07, 6.45) is -2.35. The summed E-state index contributed by atoms with van der Waals surface area (Å²) in [5.41, 5.74) is -0.535. The average Bonchev–Trinajstić information content (AvgIpc) is 3.09. The number of halogens is 4. The van der Waals surface area contributed by atoms with Crippen LogP contribution in [0.15, 0.2) is 35.2 Å². The number of carbonyl (C=O) groups excluding carboxylic acids is 1. The smallest absolute Gasteiger partial charge is 0.255 e. The van der Waals surface area contributed by atoms with Gasteiger partial charge in [-0.1, -0.05) is 18.5 Å². The van der Waals surface area contributed by atoms with Crippen molar-refractivity contribution in [2.75, 3.05) is 5.32 Å². The molecule has 5 unspecified atom stereocenters. The molecule has 31 heavy (non-hydrogen) atoms. The number of sulfone groups is 1. The predicted molar refractivity (Wildman–Crippen MR) is 105 cm³/mol. The summed E-state index contributed by atoms with van der Waals surface area (Å²) >= 11 is 6.08. The molecular formula is C20H17ClF3NO5S. The zero-order valence-corrected chi connectivity index (χ0v) is 17.5. The van der Waals surface area contributed by atoms with Gasteiger partial charge in [-0.15, -0.1) is 0 Å². The van der Waals surface area contributed by atoms with Crippen LogP contribution >= 0.6 is 11.6 Å². The van der Waals surface area contributed by atoms with Crippen molar-refractivity contribution >= 4 is 33.0 Å². The lowest BCUT2D eigenvalue weighted by Crippen LogP contribution is -2.50. The summed E-state index contributed by atoms with van der Waals surface area (Å²) in [7, 11) is -4.12. The van der Waals surface area contributed by atoms with Crippen molar-refractivity contribution in [3.63, 3.8) is 0 Å². The van der Waals surface area contributed by atoms with Crippen LogP contribution < -0.4 is 5.32 Å². The van der Waals surface area contributed by atoms with E-state index in [2.05, 4.69) is 5.32 Å². The number of aliphatic hydroxyl groups excluding tert-OH is 2. The first-order valence-corrected chi connectivity index (χ1v) is 11.2. The van der Waals surface area contributed by atoms with Crippen LogP contribution in [0, 0.1) is 35.2 Å². The van der Waals surface area contributed by atoms with Crippen molar-refractivity contribution in [3.8, 4) is 0 Å². The minimum Gasteiger partial charge on any atom is -0.390 e. The van der Waals surface area contributed by atoms with E-state index in [4.69, 9.17) is 11.6 Å². The van der Waals surface area contributed by atoms with E-state index in [9.17, 15) is 36.6 Å². The first-order valence-electron chi connectivity index (χ1n) is 9.30. The second-order valence-electron chi connectivity index (χ2n) is 7.86. The van der Waals surface area contributed by atoms with Crippen LogP contribution in [0.3, 0.4) is 0 Å². The summed E-state index contributed by atoms with van der Waals surface area (Å²) < 4.78 is 66.3. The maximum atomic E-state index is 13.4. The Bertz CT molecular complexity index is 1150. The average molecular weight is 476 g/mol. The van der Waals surface area contributed by atoms with Gasteiger partial charge in [0.1, 0.15) is 0 Å². The van der Waals surface area contributed by atoms with Gasteiger partial charge < -0.3 is 15.5 Å². The van der Waals surface area contributed by atoms with Crippen LogP contribution in [0.4, 0.5) is 18.9 Å². The van der Waals surface area contributed by atoms with E-state index < -0.39 is 62.5 Å². The summed E-state index contributed by atoms with van der Waals surface area (Å²) in [6.45, 7) is 1.74. The number of nitrogens with one attached hydrogen (secondary N) is 1. The molecule has 3 N–H and O–H groups in total. The highest BCUT2D eigenvalue weighted by atomic mass is 35.5. The minimum atomic E-state index is -4.12. The Kier molecular flexibility index (Phi) is 5.32. The fourth-order valence-electron chi connectivity index (χ4n) is 4.69. The van der Waals surface area contributed by atoms with Gasteiger partial charge in [-0.2, -0.15) is 0 Å². The number of fused-ring (bicyclic) bond motifs is 1. The van der Waals surface area contributed by atoms with Gasteiger partial charge in [-0.25, -0.2) is 21.6 Å². The second kappa shape index (κ2) is 7.47. The zero-order valence-electron chi connectivity index (χ0n) is 15.9. The summed E-state index contributed by atoms with van der Waals surface area (Å²) in [6, 6.07) is 4.59. The van der Waals surface area contributed by atoms with Gasteiger partial charge in [0.05, 0.1) is 27.4 Å². The van der Waals surface area contributed by atoms with Gasteiger partial charge in [0.15, 0.2) is 27.3 Å². The Labute approximate surface area is 180 Å². The van der Waals surface area contributed by atoms with Crippen molar-refractivity contribution in [3.05, 3.63) is 58.4 Å². The SMILES string of the molecule is CC1C2C(O)[C@H](O)C1C2S(=O)(=O)c1cc(C(=O)Nc2cc(F)c(F)c(F)c2)ccc1Cl. The Morgan fingerprint density at radius 2 is 1.58 bits per heavy atom. The third-order valence-electron chi connectivity index (χ3n) is 6.21. The third-order valence-corrected chi connectivity index (χ3v) is 8.95. The number of carbonyl (C=O) groups is 1. The van der Waals surface area contributed by atoms with Gasteiger partial charge in [-0.3, -0.25) is 4.79 Å². The Hall–Kier alpha value is -2.14. The van der Waals surface area contributed by atoms with Crippen molar-refractivity contribution in [2.24, 2.45) is 17.8 Å². The summed E-state index contributed by atoms with van der Waals surface area (Å²) in [5, 5.41) is 21.2. The molecule has 2 aromatic rings. The van der Waals surface area contributed by atoms with Gasteiger partial charge >= 0.3 is 0 Å². The monoisotopic (exact) mass is 475 g/mol. The largest absolute Gasteiger partial charge is 0.390 e. The zero-order chi connectivity index (χ0) is 22.8. The Balaban J connectivity index is 1.64. The molecule has 0 aromatic heterocycles. The molecular weight excluding hydrogens is 459 g/mol. The van der Waals surface area contributed by atoms with E-state index >= 15 is 0 Å². The lowest BCUT2D eigenvalue weighted by Gasteiger charge is -2.42. The van der Waals surface area contributed by atoms with E-state index in [1.165, 1.54) is 12.1 Å². The molecule has 3 saturated carbocycles. The number of benzene rings is 2. The molecule has 1 amide bonds. The first kappa shape index (κ1) is 22.1. The summed E-state index contributed by atoms with van der Waals surface area (Å²) in [5.74, 6) is -7.11. The minimum absolute atomic E-state index is 0.154. The molecule has 166 valence electrons. The second-order valence-corrected chi connectivity index (χ2v) is 10.3.